The maximum atomic E-state index is 3.73. The molecule has 118 valence electrons. The molecule has 1 unspecified atom stereocenters. The van der Waals surface area contributed by atoms with Crippen LogP contribution in [0, 0.1) is 11.8 Å². The van der Waals surface area contributed by atoms with Gasteiger partial charge in [-0.25, -0.2) is 0 Å². The van der Waals surface area contributed by atoms with Gasteiger partial charge < -0.3 is 5.32 Å². The monoisotopic (exact) mass is 287 g/mol. The maximum absolute atomic E-state index is 3.73. The van der Waals surface area contributed by atoms with E-state index in [0.29, 0.717) is 6.04 Å². The Kier molecular flexibility index (Phi) is 5.87. The van der Waals surface area contributed by atoms with Crippen molar-refractivity contribution in [1.29, 1.82) is 0 Å². The zero-order valence-electron chi connectivity index (χ0n) is 14.4. The summed E-state index contributed by atoms with van der Waals surface area (Å²) >= 11 is 0. The van der Waals surface area contributed by atoms with Crippen molar-refractivity contribution in [2.45, 2.75) is 70.8 Å². The van der Waals surface area contributed by atoms with Crippen LogP contribution in [0.1, 0.15) is 64.9 Å². The molecule has 1 nitrogen and oxygen atoms in total. The molecule has 0 spiro atoms. The van der Waals surface area contributed by atoms with Crippen LogP contribution in [0.25, 0.3) is 0 Å². The zero-order chi connectivity index (χ0) is 15.3. The summed E-state index contributed by atoms with van der Waals surface area (Å²) in [5, 5.41) is 3.73. The molecular weight excluding hydrogens is 254 g/mol. The average molecular weight is 287 g/mol. The topological polar surface area (TPSA) is 12.0 Å². The third kappa shape index (κ3) is 3.34. The fourth-order valence-corrected chi connectivity index (χ4v) is 4.63. The van der Waals surface area contributed by atoms with Crippen molar-refractivity contribution in [2.75, 3.05) is 7.05 Å². The first-order valence-electron chi connectivity index (χ1n) is 8.90. The highest BCUT2D eigenvalue weighted by molar-refractivity contribution is 5.28. The molecular formula is C20H33N. The van der Waals surface area contributed by atoms with Gasteiger partial charge in [-0.15, -0.1) is 0 Å². The van der Waals surface area contributed by atoms with Gasteiger partial charge in [0.25, 0.3) is 0 Å². The van der Waals surface area contributed by atoms with E-state index >= 15 is 0 Å². The van der Waals surface area contributed by atoms with Crippen LogP contribution < -0.4 is 5.32 Å². The molecule has 1 aliphatic rings. The zero-order valence-corrected chi connectivity index (χ0v) is 14.4. The Labute approximate surface area is 131 Å². The van der Waals surface area contributed by atoms with Gasteiger partial charge in [0, 0.05) is 11.5 Å². The van der Waals surface area contributed by atoms with E-state index in [0.717, 1.165) is 11.8 Å². The van der Waals surface area contributed by atoms with Gasteiger partial charge in [0.1, 0.15) is 0 Å². The van der Waals surface area contributed by atoms with E-state index in [1.54, 1.807) is 0 Å². The first kappa shape index (κ1) is 16.5. The summed E-state index contributed by atoms with van der Waals surface area (Å²) in [7, 11) is 2.17. The lowest BCUT2D eigenvalue weighted by Crippen LogP contribution is -2.51. The summed E-state index contributed by atoms with van der Waals surface area (Å²) in [6.07, 6.45) is 8.01. The SMILES string of the molecule is CCC(CC)(c1ccccc1)C(NC)C1CCC(C)CC1. The molecule has 0 saturated heterocycles. The molecule has 0 aromatic heterocycles. The van der Waals surface area contributed by atoms with Gasteiger partial charge in [-0.2, -0.15) is 0 Å². The average Bonchev–Trinajstić information content (AvgIpc) is 2.55. The third-order valence-electron chi connectivity index (χ3n) is 6.05. The first-order chi connectivity index (χ1) is 10.2. The molecule has 21 heavy (non-hydrogen) atoms. The van der Waals surface area contributed by atoms with Crippen LogP contribution in [-0.4, -0.2) is 13.1 Å². The molecule has 0 amide bonds. The van der Waals surface area contributed by atoms with E-state index in [-0.39, 0.29) is 5.41 Å². The largest absolute Gasteiger partial charge is 0.316 e. The Morgan fingerprint density at radius 2 is 1.62 bits per heavy atom. The quantitative estimate of drug-likeness (QED) is 0.762. The summed E-state index contributed by atoms with van der Waals surface area (Å²) in [4.78, 5) is 0. The second-order valence-electron chi connectivity index (χ2n) is 7.02. The van der Waals surface area contributed by atoms with Crippen LogP contribution in [-0.2, 0) is 5.41 Å². The van der Waals surface area contributed by atoms with Crippen molar-refractivity contribution in [3.8, 4) is 0 Å². The Morgan fingerprint density at radius 3 is 2.10 bits per heavy atom. The van der Waals surface area contributed by atoms with E-state index in [1.165, 1.54) is 44.1 Å². The van der Waals surface area contributed by atoms with Gasteiger partial charge in [0.2, 0.25) is 0 Å². The molecule has 1 aromatic carbocycles. The van der Waals surface area contributed by atoms with Crippen molar-refractivity contribution < 1.29 is 0 Å². The van der Waals surface area contributed by atoms with Gasteiger partial charge in [-0.3, -0.25) is 0 Å². The Morgan fingerprint density at radius 1 is 1.05 bits per heavy atom. The van der Waals surface area contributed by atoms with Crippen LogP contribution in [0.4, 0.5) is 0 Å². The minimum Gasteiger partial charge on any atom is -0.316 e. The summed E-state index contributed by atoms with van der Waals surface area (Å²) < 4.78 is 0. The molecule has 2 rings (SSSR count). The predicted octanol–water partition coefficient (Wildman–Crippen LogP) is 5.16. The number of hydrogen-bond donors (Lipinski definition) is 1. The molecule has 1 atom stereocenters. The fourth-order valence-electron chi connectivity index (χ4n) is 4.63. The highest BCUT2D eigenvalue weighted by Crippen LogP contribution is 2.42. The fraction of sp³-hybridized carbons (Fsp3) is 0.700. The van der Waals surface area contributed by atoms with Crippen molar-refractivity contribution in [2.24, 2.45) is 11.8 Å². The van der Waals surface area contributed by atoms with Crippen molar-refractivity contribution in [1.82, 2.24) is 5.32 Å². The number of likely N-dealkylation sites (N-methyl/N-ethyl adjacent to an activating group) is 1. The van der Waals surface area contributed by atoms with Gasteiger partial charge >= 0.3 is 0 Å². The molecule has 0 bridgehead atoms. The van der Waals surface area contributed by atoms with E-state index < -0.39 is 0 Å². The van der Waals surface area contributed by atoms with Crippen LogP contribution in [0.3, 0.4) is 0 Å². The summed E-state index contributed by atoms with van der Waals surface area (Å²) in [5.41, 5.74) is 1.80. The minimum absolute atomic E-state index is 0.279. The molecule has 1 saturated carbocycles. The van der Waals surface area contributed by atoms with Crippen molar-refractivity contribution in [3.05, 3.63) is 35.9 Å². The maximum Gasteiger partial charge on any atom is 0.0189 e. The first-order valence-corrected chi connectivity index (χ1v) is 8.90. The third-order valence-corrected chi connectivity index (χ3v) is 6.05. The van der Waals surface area contributed by atoms with Crippen LogP contribution in [0.15, 0.2) is 30.3 Å². The lowest BCUT2D eigenvalue weighted by atomic mass is 9.63. The van der Waals surface area contributed by atoms with Crippen molar-refractivity contribution in [3.63, 3.8) is 0 Å². The molecule has 0 heterocycles. The van der Waals surface area contributed by atoms with E-state index in [4.69, 9.17) is 0 Å². The van der Waals surface area contributed by atoms with Crippen LogP contribution in [0.2, 0.25) is 0 Å². The highest BCUT2D eigenvalue weighted by Gasteiger charge is 2.41. The van der Waals surface area contributed by atoms with E-state index in [1.807, 2.05) is 0 Å². The van der Waals surface area contributed by atoms with E-state index in [2.05, 4.69) is 63.5 Å². The Balaban J connectivity index is 2.30. The van der Waals surface area contributed by atoms with Crippen LogP contribution >= 0.6 is 0 Å². The standard InChI is InChI=1S/C20H33N/c1-5-20(6-2,18-10-8-7-9-11-18)19(21-4)17-14-12-16(3)13-15-17/h7-11,16-17,19,21H,5-6,12-15H2,1-4H3. The second kappa shape index (κ2) is 7.45. The number of benzene rings is 1. The second-order valence-corrected chi connectivity index (χ2v) is 7.02. The summed E-state index contributed by atoms with van der Waals surface area (Å²) in [6.45, 7) is 7.15. The Hall–Kier alpha value is -0.820. The summed E-state index contributed by atoms with van der Waals surface area (Å²) in [6, 6.07) is 11.8. The van der Waals surface area contributed by atoms with E-state index in [9.17, 15) is 0 Å². The number of rotatable bonds is 6. The Bertz CT molecular complexity index is 399. The molecule has 1 fully saturated rings. The smallest absolute Gasteiger partial charge is 0.0189 e. The van der Waals surface area contributed by atoms with Crippen LogP contribution in [0.5, 0.6) is 0 Å². The van der Waals surface area contributed by atoms with Crippen molar-refractivity contribution >= 4 is 0 Å². The normalized spacial score (nSPS) is 24.8. The molecule has 1 heteroatoms. The molecule has 1 aliphatic carbocycles. The molecule has 1 aromatic rings. The van der Waals surface area contributed by atoms with Gasteiger partial charge in [-0.1, -0.05) is 63.9 Å². The van der Waals surface area contributed by atoms with Gasteiger partial charge in [-0.05, 0) is 50.1 Å². The number of hydrogen-bond acceptors (Lipinski definition) is 1. The number of nitrogens with one attached hydrogen (secondary N) is 1. The predicted molar refractivity (Wildman–Crippen MR) is 92.7 cm³/mol. The molecule has 0 aliphatic heterocycles. The van der Waals surface area contributed by atoms with Gasteiger partial charge in [0.05, 0.1) is 0 Å². The lowest BCUT2D eigenvalue weighted by Gasteiger charge is -2.46. The highest BCUT2D eigenvalue weighted by atomic mass is 14.9. The van der Waals surface area contributed by atoms with Gasteiger partial charge in [0.15, 0.2) is 0 Å². The summed E-state index contributed by atoms with van der Waals surface area (Å²) in [5.74, 6) is 1.75. The lowest BCUT2D eigenvalue weighted by molar-refractivity contribution is 0.155. The molecule has 0 radical (unpaired) electrons. The minimum atomic E-state index is 0.279. The molecule has 1 N–H and O–H groups in total.